The Balaban J connectivity index is 1.93. The highest BCUT2D eigenvalue weighted by Crippen LogP contribution is 2.38. The van der Waals surface area contributed by atoms with Gasteiger partial charge >= 0.3 is 6.18 Å². The first kappa shape index (κ1) is 13.4. The van der Waals surface area contributed by atoms with Crippen LogP contribution in [-0.2, 0) is 13.6 Å². The average Bonchev–Trinajstić information content (AvgIpc) is 2.66. The molecular weight excluding hydrogens is 245 g/mol. The molecule has 1 saturated heterocycles. The second kappa shape index (κ2) is 4.59. The molecule has 0 atom stereocenters. The van der Waals surface area contributed by atoms with Crippen molar-refractivity contribution >= 4 is 0 Å². The smallest absolute Gasteiger partial charge is 0.380 e. The molecule has 0 bridgehead atoms. The fourth-order valence-electron chi connectivity index (χ4n) is 2.25. The van der Waals surface area contributed by atoms with Crippen LogP contribution in [0.2, 0.25) is 0 Å². The lowest BCUT2D eigenvalue weighted by atomic mass is 9.91. The van der Waals surface area contributed by atoms with E-state index in [1.54, 1.807) is 0 Å². The maximum Gasteiger partial charge on any atom is 0.417 e. The highest BCUT2D eigenvalue weighted by molar-refractivity contribution is 5.06. The summed E-state index contributed by atoms with van der Waals surface area (Å²) in [5.41, 5.74) is -1.44. The quantitative estimate of drug-likeness (QED) is 0.882. The van der Waals surface area contributed by atoms with E-state index in [1.165, 1.54) is 0 Å². The molecule has 0 amide bonds. The van der Waals surface area contributed by atoms with Crippen LogP contribution >= 0.6 is 0 Å². The van der Waals surface area contributed by atoms with E-state index in [-0.39, 0.29) is 25.9 Å². The number of alkyl halides is 3. The second-order valence-electron chi connectivity index (χ2n) is 4.92. The number of aryl methyl sites for hydroxylation is 1. The minimum atomic E-state index is -4.52. The van der Waals surface area contributed by atoms with Crippen LogP contribution in [0.1, 0.15) is 18.5 Å². The van der Waals surface area contributed by atoms with Crippen molar-refractivity contribution in [2.24, 2.45) is 7.05 Å². The molecule has 0 aliphatic carbocycles. The monoisotopic (exact) mass is 262 g/mol. The van der Waals surface area contributed by atoms with Gasteiger partial charge in [-0.2, -0.15) is 13.2 Å². The number of piperidine rings is 1. The van der Waals surface area contributed by atoms with Gasteiger partial charge in [-0.3, -0.25) is 4.90 Å². The third-order valence-electron chi connectivity index (χ3n) is 3.65. The van der Waals surface area contributed by atoms with Crippen LogP contribution < -0.4 is 0 Å². The van der Waals surface area contributed by atoms with Gasteiger partial charge in [-0.05, 0) is 25.0 Å². The summed E-state index contributed by atoms with van der Waals surface area (Å²) in [7, 11) is 1.91. The minimum Gasteiger partial charge on any atom is -0.380 e. The number of likely N-dealkylation sites (tertiary alicyclic amines) is 1. The lowest BCUT2D eigenvalue weighted by molar-refractivity contribution is -0.272. The Morgan fingerprint density at radius 1 is 1.33 bits per heavy atom. The van der Waals surface area contributed by atoms with Gasteiger partial charge in [0.15, 0.2) is 5.60 Å². The van der Waals surface area contributed by atoms with Gasteiger partial charge in [0.05, 0.1) is 0 Å². The van der Waals surface area contributed by atoms with Gasteiger partial charge < -0.3 is 9.67 Å². The molecule has 2 heterocycles. The van der Waals surface area contributed by atoms with Gasteiger partial charge in [0, 0.05) is 38.6 Å². The molecule has 1 fully saturated rings. The Bertz CT molecular complexity index is 406. The molecule has 18 heavy (non-hydrogen) atoms. The molecule has 1 aliphatic rings. The fourth-order valence-corrected chi connectivity index (χ4v) is 2.25. The Morgan fingerprint density at radius 3 is 2.39 bits per heavy atom. The van der Waals surface area contributed by atoms with E-state index in [9.17, 15) is 18.3 Å². The third kappa shape index (κ3) is 2.54. The van der Waals surface area contributed by atoms with Crippen molar-refractivity contribution in [3.8, 4) is 0 Å². The van der Waals surface area contributed by atoms with Gasteiger partial charge in [-0.25, -0.2) is 0 Å². The van der Waals surface area contributed by atoms with Gasteiger partial charge in [0.25, 0.3) is 0 Å². The molecule has 0 spiro atoms. The number of aromatic nitrogens is 1. The molecule has 6 heteroatoms. The van der Waals surface area contributed by atoms with Crippen LogP contribution in [0.5, 0.6) is 0 Å². The molecule has 1 aliphatic heterocycles. The molecule has 0 aromatic carbocycles. The number of halogens is 3. The average molecular weight is 262 g/mol. The van der Waals surface area contributed by atoms with Crippen LogP contribution in [0.15, 0.2) is 18.3 Å². The summed E-state index contributed by atoms with van der Waals surface area (Å²) in [4.78, 5) is 1.94. The SMILES string of the molecule is Cn1cccc1CN1CCC(O)(C(F)(F)F)CC1. The van der Waals surface area contributed by atoms with E-state index < -0.39 is 11.8 Å². The molecule has 102 valence electrons. The zero-order valence-corrected chi connectivity index (χ0v) is 10.2. The molecule has 0 radical (unpaired) electrons. The highest BCUT2D eigenvalue weighted by Gasteiger charge is 2.54. The van der Waals surface area contributed by atoms with Gasteiger partial charge in [0.2, 0.25) is 0 Å². The summed E-state index contributed by atoms with van der Waals surface area (Å²) < 4.78 is 39.8. The first-order valence-electron chi connectivity index (χ1n) is 5.93. The van der Waals surface area contributed by atoms with E-state index in [4.69, 9.17) is 0 Å². The van der Waals surface area contributed by atoms with Crippen LogP contribution in [0.25, 0.3) is 0 Å². The molecule has 3 nitrogen and oxygen atoms in total. The minimum absolute atomic E-state index is 0.249. The molecule has 1 aromatic rings. The van der Waals surface area contributed by atoms with Gasteiger partial charge in [-0.1, -0.05) is 0 Å². The van der Waals surface area contributed by atoms with E-state index in [2.05, 4.69) is 0 Å². The normalized spacial score (nSPS) is 21.2. The number of nitrogens with zero attached hydrogens (tertiary/aromatic N) is 2. The number of hydrogen-bond acceptors (Lipinski definition) is 2. The maximum absolute atomic E-state index is 12.6. The van der Waals surface area contributed by atoms with Crippen molar-refractivity contribution in [2.75, 3.05) is 13.1 Å². The zero-order valence-electron chi connectivity index (χ0n) is 10.2. The summed E-state index contributed by atoms with van der Waals surface area (Å²) in [5.74, 6) is 0. The van der Waals surface area contributed by atoms with Crippen LogP contribution in [0.3, 0.4) is 0 Å². The summed E-state index contributed by atoms with van der Waals surface area (Å²) in [5, 5.41) is 9.55. The zero-order chi connectivity index (χ0) is 13.4. The van der Waals surface area contributed by atoms with Crippen molar-refractivity contribution in [1.82, 2.24) is 9.47 Å². The topological polar surface area (TPSA) is 28.4 Å². The Labute approximate surface area is 104 Å². The Hall–Kier alpha value is -1.01. The Kier molecular flexibility index (Phi) is 3.42. The summed E-state index contributed by atoms with van der Waals surface area (Å²) in [6, 6.07) is 3.86. The lowest BCUT2D eigenvalue weighted by Gasteiger charge is -2.39. The first-order valence-corrected chi connectivity index (χ1v) is 5.93. The van der Waals surface area contributed by atoms with E-state index in [0.717, 1.165) is 5.69 Å². The number of rotatable bonds is 2. The molecule has 0 saturated carbocycles. The van der Waals surface area contributed by atoms with Gasteiger partial charge in [-0.15, -0.1) is 0 Å². The molecule has 1 N–H and O–H groups in total. The van der Waals surface area contributed by atoms with Crippen LogP contribution in [0.4, 0.5) is 13.2 Å². The Morgan fingerprint density at radius 2 is 1.94 bits per heavy atom. The number of hydrogen-bond donors (Lipinski definition) is 1. The van der Waals surface area contributed by atoms with Crippen molar-refractivity contribution in [1.29, 1.82) is 0 Å². The summed E-state index contributed by atoms with van der Waals surface area (Å²) >= 11 is 0. The highest BCUT2D eigenvalue weighted by atomic mass is 19.4. The van der Waals surface area contributed by atoms with E-state index in [0.29, 0.717) is 6.54 Å². The van der Waals surface area contributed by atoms with Crippen molar-refractivity contribution < 1.29 is 18.3 Å². The van der Waals surface area contributed by atoms with Crippen LogP contribution in [-0.4, -0.2) is 39.4 Å². The summed E-state index contributed by atoms with van der Waals surface area (Å²) in [6.45, 7) is 1.15. The fraction of sp³-hybridized carbons (Fsp3) is 0.667. The third-order valence-corrected chi connectivity index (χ3v) is 3.65. The van der Waals surface area contributed by atoms with Gasteiger partial charge in [0.1, 0.15) is 0 Å². The number of aliphatic hydroxyl groups is 1. The molecule has 1 aromatic heterocycles. The predicted octanol–water partition coefficient (Wildman–Crippen LogP) is 1.91. The van der Waals surface area contributed by atoms with Crippen LogP contribution in [0, 0.1) is 0 Å². The van der Waals surface area contributed by atoms with Crippen molar-refractivity contribution in [2.45, 2.75) is 31.2 Å². The van der Waals surface area contributed by atoms with E-state index in [1.807, 2.05) is 34.8 Å². The van der Waals surface area contributed by atoms with Crippen molar-refractivity contribution in [3.63, 3.8) is 0 Å². The second-order valence-corrected chi connectivity index (χ2v) is 4.92. The molecular formula is C12H17F3N2O. The largest absolute Gasteiger partial charge is 0.417 e. The maximum atomic E-state index is 12.6. The molecule has 2 rings (SSSR count). The molecule has 0 unspecified atom stereocenters. The van der Waals surface area contributed by atoms with Crippen molar-refractivity contribution in [3.05, 3.63) is 24.0 Å². The lowest BCUT2D eigenvalue weighted by Crippen LogP contribution is -2.53. The predicted molar refractivity (Wildman–Crippen MR) is 60.9 cm³/mol. The standard InChI is InChI=1S/C12H17F3N2O/c1-16-6-2-3-10(16)9-17-7-4-11(18,5-8-17)12(13,14)15/h2-3,6,18H,4-5,7-9H2,1H3. The summed E-state index contributed by atoms with van der Waals surface area (Å²) in [6.07, 6.45) is -3.11. The van der Waals surface area contributed by atoms with E-state index >= 15 is 0 Å². The first-order chi connectivity index (χ1) is 8.32.